The molecule has 0 radical (unpaired) electrons. The minimum atomic E-state index is -0.0428. The molecule has 1 heteroatoms. The van der Waals surface area contributed by atoms with Crippen molar-refractivity contribution in [1.82, 2.24) is 0 Å². The molecule has 1 nitrogen and oxygen atoms in total. The second kappa shape index (κ2) is 4.72. The van der Waals surface area contributed by atoms with Crippen LogP contribution in [0.25, 0.3) is 0 Å². The van der Waals surface area contributed by atoms with Gasteiger partial charge >= 0.3 is 0 Å². The molecule has 3 saturated carbocycles. The molecule has 0 aromatic heterocycles. The van der Waals surface area contributed by atoms with Gasteiger partial charge in [0.2, 0.25) is 0 Å². The molecule has 21 heavy (non-hydrogen) atoms. The summed E-state index contributed by atoms with van der Waals surface area (Å²) in [5.74, 6) is 4.14. The highest BCUT2D eigenvalue weighted by molar-refractivity contribution is 5.30. The molecule has 0 spiro atoms. The number of allylic oxidation sites excluding steroid dienone is 3. The van der Waals surface area contributed by atoms with Gasteiger partial charge in [-0.1, -0.05) is 37.6 Å². The molecule has 0 aliphatic heterocycles. The summed E-state index contributed by atoms with van der Waals surface area (Å²) < 4.78 is 0. The lowest BCUT2D eigenvalue weighted by atomic mass is 9.49. The number of rotatable bonds is 0. The molecule has 0 heterocycles. The average Bonchev–Trinajstić information content (AvgIpc) is 2.74. The predicted octanol–water partition coefficient (Wildman–Crippen LogP) is 4.72. The molecular weight excluding hydrogens is 256 g/mol. The highest BCUT2D eigenvalue weighted by Gasteiger charge is 2.57. The fourth-order valence-corrected chi connectivity index (χ4v) is 6.66. The maximum Gasteiger partial charge on any atom is 0.0596 e. The third-order valence-corrected chi connectivity index (χ3v) is 7.71. The zero-order valence-electron chi connectivity index (χ0n) is 13.6. The van der Waals surface area contributed by atoms with Crippen molar-refractivity contribution in [2.45, 2.75) is 64.9 Å². The van der Waals surface area contributed by atoms with Crippen molar-refractivity contribution in [1.29, 1.82) is 0 Å². The summed E-state index contributed by atoms with van der Waals surface area (Å²) in [7, 11) is 0. The summed E-state index contributed by atoms with van der Waals surface area (Å²) in [6.45, 7) is 9.05. The van der Waals surface area contributed by atoms with Crippen LogP contribution in [-0.4, -0.2) is 11.2 Å². The Balaban J connectivity index is 1.68. The second-order valence-electron chi connectivity index (χ2n) is 8.69. The van der Waals surface area contributed by atoms with E-state index in [1.165, 1.54) is 44.1 Å². The van der Waals surface area contributed by atoms with Crippen molar-refractivity contribution in [2.75, 3.05) is 0 Å². The summed E-state index contributed by atoms with van der Waals surface area (Å²) >= 11 is 0. The molecule has 4 aliphatic rings. The van der Waals surface area contributed by atoms with Crippen molar-refractivity contribution in [3.8, 4) is 0 Å². The number of aliphatic hydroxyl groups is 1. The number of aliphatic hydroxyl groups excluding tert-OH is 1. The maximum absolute atomic E-state index is 10.5. The van der Waals surface area contributed by atoms with Crippen molar-refractivity contribution in [3.63, 3.8) is 0 Å². The SMILES string of the molecule is C=C1C=C2C[C@@H](C)[C@@H]3[C@H](CC[C@]4(C)[C@@H](O)CC[C@@H]34)[C@H]2CC1. The first kappa shape index (κ1) is 14.1. The van der Waals surface area contributed by atoms with E-state index < -0.39 is 0 Å². The fraction of sp³-hybridized carbons (Fsp3) is 0.800. The number of hydrogen-bond donors (Lipinski definition) is 1. The van der Waals surface area contributed by atoms with Crippen LogP contribution in [0, 0.1) is 35.0 Å². The van der Waals surface area contributed by atoms with E-state index in [4.69, 9.17) is 0 Å². The molecule has 4 aliphatic carbocycles. The van der Waals surface area contributed by atoms with E-state index in [9.17, 15) is 5.11 Å². The van der Waals surface area contributed by atoms with Gasteiger partial charge in [-0.15, -0.1) is 0 Å². The quantitative estimate of drug-likeness (QED) is 0.683. The van der Waals surface area contributed by atoms with Gasteiger partial charge in [-0.2, -0.15) is 0 Å². The fourth-order valence-electron chi connectivity index (χ4n) is 6.66. The van der Waals surface area contributed by atoms with Gasteiger partial charge < -0.3 is 5.11 Å². The lowest BCUT2D eigenvalue weighted by Gasteiger charge is -2.55. The molecule has 0 aromatic carbocycles. The first-order valence-corrected chi connectivity index (χ1v) is 9.07. The second-order valence-corrected chi connectivity index (χ2v) is 8.69. The highest BCUT2D eigenvalue weighted by atomic mass is 16.3. The molecule has 116 valence electrons. The van der Waals surface area contributed by atoms with Crippen LogP contribution < -0.4 is 0 Å². The standard InChI is InChI=1S/C20H30O/c1-12-4-5-15-14(10-12)11-13(2)19-16(15)8-9-20(3)17(19)6-7-18(20)21/h10,13,15-19,21H,1,4-9,11H2,2-3H3/t13-,15+,16-,17+,18+,19-,20+/m1/s1. The molecule has 1 N–H and O–H groups in total. The summed E-state index contributed by atoms with van der Waals surface area (Å²) in [4.78, 5) is 0. The highest BCUT2D eigenvalue weighted by Crippen LogP contribution is 2.63. The third-order valence-electron chi connectivity index (χ3n) is 7.71. The molecule has 4 rings (SSSR count). The molecule has 3 fully saturated rings. The lowest BCUT2D eigenvalue weighted by Crippen LogP contribution is -2.50. The van der Waals surface area contributed by atoms with Gasteiger partial charge in [0.05, 0.1) is 6.10 Å². The van der Waals surface area contributed by atoms with Gasteiger partial charge in [-0.25, -0.2) is 0 Å². The van der Waals surface area contributed by atoms with E-state index in [1.807, 2.05) is 0 Å². The summed E-state index contributed by atoms with van der Waals surface area (Å²) in [6, 6.07) is 0. The normalized spacial score (nSPS) is 52.7. The van der Waals surface area contributed by atoms with Crippen molar-refractivity contribution in [2.24, 2.45) is 35.0 Å². The summed E-state index contributed by atoms with van der Waals surface area (Å²) in [5, 5.41) is 10.5. The minimum absolute atomic E-state index is 0.0428. The van der Waals surface area contributed by atoms with E-state index in [1.54, 1.807) is 5.57 Å². The first-order chi connectivity index (χ1) is 10.0. The molecule has 7 atom stereocenters. The predicted molar refractivity (Wildman–Crippen MR) is 86.8 cm³/mol. The molecule has 0 unspecified atom stereocenters. The van der Waals surface area contributed by atoms with Crippen LogP contribution in [-0.2, 0) is 0 Å². The largest absolute Gasteiger partial charge is 0.393 e. The van der Waals surface area contributed by atoms with E-state index >= 15 is 0 Å². The van der Waals surface area contributed by atoms with E-state index in [0.29, 0.717) is 0 Å². The monoisotopic (exact) mass is 286 g/mol. The zero-order chi connectivity index (χ0) is 14.8. The summed E-state index contributed by atoms with van der Waals surface area (Å²) in [5.41, 5.74) is 3.28. The zero-order valence-corrected chi connectivity index (χ0v) is 13.6. The van der Waals surface area contributed by atoms with Gasteiger partial charge in [0, 0.05) is 0 Å². The van der Waals surface area contributed by atoms with Crippen LogP contribution in [0.4, 0.5) is 0 Å². The van der Waals surface area contributed by atoms with Gasteiger partial charge in [0.15, 0.2) is 0 Å². The Morgan fingerprint density at radius 3 is 2.86 bits per heavy atom. The molecule has 0 saturated heterocycles. The lowest BCUT2D eigenvalue weighted by molar-refractivity contribution is -0.0701. The van der Waals surface area contributed by atoms with Crippen LogP contribution in [0.2, 0.25) is 0 Å². The van der Waals surface area contributed by atoms with Crippen LogP contribution in [0.5, 0.6) is 0 Å². The Labute approximate surface area is 129 Å². The van der Waals surface area contributed by atoms with Gasteiger partial charge in [-0.05, 0) is 80.0 Å². The Kier molecular flexibility index (Phi) is 3.16. The van der Waals surface area contributed by atoms with Gasteiger partial charge in [0.25, 0.3) is 0 Å². The Hall–Kier alpha value is -0.560. The molecular formula is C20H30O. The van der Waals surface area contributed by atoms with Gasteiger partial charge in [-0.3, -0.25) is 0 Å². The average molecular weight is 286 g/mol. The molecule has 0 bridgehead atoms. The van der Waals surface area contributed by atoms with Crippen molar-refractivity contribution in [3.05, 3.63) is 23.8 Å². The Morgan fingerprint density at radius 2 is 2.05 bits per heavy atom. The number of fused-ring (bicyclic) bond motifs is 5. The topological polar surface area (TPSA) is 20.2 Å². The van der Waals surface area contributed by atoms with Crippen LogP contribution >= 0.6 is 0 Å². The van der Waals surface area contributed by atoms with Crippen molar-refractivity contribution >= 4 is 0 Å². The minimum Gasteiger partial charge on any atom is -0.393 e. The molecule has 0 aromatic rings. The smallest absolute Gasteiger partial charge is 0.0596 e. The van der Waals surface area contributed by atoms with Crippen LogP contribution in [0.15, 0.2) is 23.8 Å². The van der Waals surface area contributed by atoms with E-state index in [2.05, 4.69) is 26.5 Å². The van der Waals surface area contributed by atoms with Crippen molar-refractivity contribution < 1.29 is 5.11 Å². The molecule has 0 amide bonds. The summed E-state index contributed by atoms with van der Waals surface area (Å²) in [6.07, 6.45) is 11.1. The maximum atomic E-state index is 10.5. The van der Waals surface area contributed by atoms with Gasteiger partial charge in [0.1, 0.15) is 0 Å². The number of hydrogen-bond acceptors (Lipinski definition) is 1. The Morgan fingerprint density at radius 1 is 1.24 bits per heavy atom. The van der Waals surface area contributed by atoms with E-state index in [-0.39, 0.29) is 11.5 Å². The van der Waals surface area contributed by atoms with E-state index in [0.717, 1.165) is 36.0 Å². The Bertz CT molecular complexity index is 490. The van der Waals surface area contributed by atoms with Crippen LogP contribution in [0.3, 0.4) is 0 Å². The third kappa shape index (κ3) is 1.92. The first-order valence-electron chi connectivity index (χ1n) is 9.07. The van der Waals surface area contributed by atoms with Crippen LogP contribution in [0.1, 0.15) is 58.8 Å².